The molecule has 2 N–H and O–H groups in total. The fourth-order valence-corrected chi connectivity index (χ4v) is 2.87. The highest BCUT2D eigenvalue weighted by atomic mass is 127. The first kappa shape index (κ1) is 20.3. The van der Waals surface area contributed by atoms with Gasteiger partial charge >= 0.3 is 0 Å². The molecule has 0 spiro atoms. The molecular weight excluding hydrogens is 429 g/mol. The van der Waals surface area contributed by atoms with E-state index in [-0.39, 0.29) is 30.1 Å². The van der Waals surface area contributed by atoms with E-state index in [0.29, 0.717) is 19.2 Å². The number of rotatable bonds is 6. The molecule has 1 aliphatic carbocycles. The van der Waals surface area contributed by atoms with Crippen LogP contribution in [0.2, 0.25) is 0 Å². The van der Waals surface area contributed by atoms with Crippen molar-refractivity contribution < 1.29 is 9.47 Å². The Balaban J connectivity index is 0.00000225. The van der Waals surface area contributed by atoms with Crippen molar-refractivity contribution in [2.75, 3.05) is 19.8 Å². The maximum atomic E-state index is 6.15. The van der Waals surface area contributed by atoms with Crippen LogP contribution >= 0.6 is 24.0 Å². The number of guanidine groups is 1. The maximum Gasteiger partial charge on any atom is 0.191 e. The quantitative estimate of drug-likeness (QED) is 0.390. The lowest BCUT2D eigenvalue weighted by atomic mass is 10.1. The number of ether oxygens (including phenoxy) is 2. The summed E-state index contributed by atoms with van der Waals surface area (Å²) in [6, 6.07) is 6.90. The van der Waals surface area contributed by atoms with Crippen molar-refractivity contribution in [2.24, 2.45) is 10.9 Å². The summed E-state index contributed by atoms with van der Waals surface area (Å²) in [4.78, 5) is 4.75. The molecule has 1 aromatic carbocycles. The van der Waals surface area contributed by atoms with Crippen molar-refractivity contribution >= 4 is 29.9 Å². The second-order valence-electron chi connectivity index (χ2n) is 6.87. The van der Waals surface area contributed by atoms with Gasteiger partial charge in [0.25, 0.3) is 0 Å². The fourth-order valence-electron chi connectivity index (χ4n) is 2.87. The molecule has 140 valence electrons. The smallest absolute Gasteiger partial charge is 0.191 e. The van der Waals surface area contributed by atoms with E-state index in [1.807, 2.05) is 0 Å². The van der Waals surface area contributed by atoms with E-state index < -0.39 is 0 Å². The molecular formula is C19H30IN3O2. The number of halogens is 1. The minimum Gasteiger partial charge on any atom is -0.488 e. The van der Waals surface area contributed by atoms with Crippen molar-refractivity contribution in [2.45, 2.75) is 52.3 Å². The lowest BCUT2D eigenvalue weighted by molar-refractivity contribution is 0.140. The van der Waals surface area contributed by atoms with Gasteiger partial charge in [-0.3, -0.25) is 0 Å². The minimum absolute atomic E-state index is 0. The average Bonchev–Trinajstić information content (AvgIpc) is 3.02. The molecule has 5 nitrogen and oxygen atoms in total. The van der Waals surface area contributed by atoms with E-state index in [4.69, 9.17) is 14.5 Å². The van der Waals surface area contributed by atoms with Gasteiger partial charge in [-0.15, -0.1) is 24.0 Å². The van der Waals surface area contributed by atoms with E-state index in [0.717, 1.165) is 42.8 Å². The van der Waals surface area contributed by atoms with Crippen LogP contribution in [0.25, 0.3) is 0 Å². The van der Waals surface area contributed by atoms with E-state index >= 15 is 0 Å². The zero-order valence-corrected chi connectivity index (χ0v) is 17.7. The number of nitrogens with one attached hydrogen (secondary N) is 2. The largest absolute Gasteiger partial charge is 0.488 e. The molecule has 0 bridgehead atoms. The van der Waals surface area contributed by atoms with E-state index in [1.165, 1.54) is 12.0 Å². The first-order chi connectivity index (χ1) is 11.7. The molecule has 1 heterocycles. The van der Waals surface area contributed by atoms with Crippen LogP contribution in [-0.4, -0.2) is 37.9 Å². The Labute approximate surface area is 168 Å². The predicted molar refractivity (Wildman–Crippen MR) is 112 cm³/mol. The summed E-state index contributed by atoms with van der Waals surface area (Å²) >= 11 is 0. The van der Waals surface area contributed by atoms with Crippen LogP contribution in [0.3, 0.4) is 0 Å². The second kappa shape index (κ2) is 9.62. The van der Waals surface area contributed by atoms with Gasteiger partial charge in [-0.25, -0.2) is 4.99 Å². The van der Waals surface area contributed by atoms with Crippen LogP contribution < -0.4 is 15.4 Å². The molecule has 1 aromatic rings. The maximum absolute atomic E-state index is 6.15. The minimum atomic E-state index is 0. The Morgan fingerprint density at radius 2 is 2.20 bits per heavy atom. The molecule has 3 unspecified atom stereocenters. The standard InChI is InChI=1S/C19H29N3O2.HI/c1-4-20-19(22-17-10-14(17)3)21-11-15-6-5-13(2)9-18(15)24-16-7-8-23-12-16;/h5-6,9,14,16-17H,4,7-8,10-12H2,1-3H3,(H2,20,21,22);1H. The van der Waals surface area contributed by atoms with Gasteiger partial charge in [-0.05, 0) is 37.8 Å². The number of hydrogen-bond acceptors (Lipinski definition) is 3. The van der Waals surface area contributed by atoms with E-state index in [2.05, 4.69) is 49.6 Å². The molecule has 0 radical (unpaired) electrons. The van der Waals surface area contributed by atoms with Crippen LogP contribution in [0.15, 0.2) is 23.2 Å². The summed E-state index contributed by atoms with van der Waals surface area (Å²) in [5, 5.41) is 6.82. The van der Waals surface area contributed by atoms with Gasteiger partial charge in [-0.2, -0.15) is 0 Å². The number of benzene rings is 1. The molecule has 0 aromatic heterocycles. The Kier molecular flexibility index (Phi) is 7.81. The highest BCUT2D eigenvalue weighted by Crippen LogP contribution is 2.29. The van der Waals surface area contributed by atoms with Gasteiger partial charge in [0.05, 0.1) is 19.8 Å². The van der Waals surface area contributed by atoms with Gasteiger partial charge < -0.3 is 20.1 Å². The Hall–Kier alpha value is -1.02. The summed E-state index contributed by atoms with van der Waals surface area (Å²) in [7, 11) is 0. The van der Waals surface area contributed by atoms with Crippen molar-refractivity contribution in [3.8, 4) is 5.75 Å². The third-order valence-electron chi connectivity index (χ3n) is 4.59. The number of nitrogens with zero attached hydrogens (tertiary/aromatic N) is 1. The zero-order chi connectivity index (χ0) is 16.9. The highest BCUT2D eigenvalue weighted by Gasteiger charge is 2.33. The topological polar surface area (TPSA) is 54.9 Å². The number of aliphatic imine (C=N–C) groups is 1. The van der Waals surface area contributed by atoms with Crippen LogP contribution in [0.5, 0.6) is 5.75 Å². The molecule has 2 fully saturated rings. The fraction of sp³-hybridized carbons (Fsp3) is 0.632. The van der Waals surface area contributed by atoms with Crippen LogP contribution in [0.4, 0.5) is 0 Å². The van der Waals surface area contributed by atoms with Gasteiger partial charge in [0.2, 0.25) is 0 Å². The molecule has 3 rings (SSSR count). The predicted octanol–water partition coefficient (Wildman–Crippen LogP) is 3.24. The number of aryl methyl sites for hydroxylation is 1. The van der Waals surface area contributed by atoms with Gasteiger partial charge in [0, 0.05) is 24.6 Å². The van der Waals surface area contributed by atoms with Crippen LogP contribution in [0, 0.1) is 12.8 Å². The number of hydrogen-bond donors (Lipinski definition) is 2. The molecule has 3 atom stereocenters. The van der Waals surface area contributed by atoms with Crippen LogP contribution in [0.1, 0.15) is 37.8 Å². The second-order valence-corrected chi connectivity index (χ2v) is 6.87. The average molecular weight is 459 g/mol. The Morgan fingerprint density at radius 3 is 2.84 bits per heavy atom. The molecule has 0 amide bonds. The monoisotopic (exact) mass is 459 g/mol. The third kappa shape index (κ3) is 6.02. The first-order valence-corrected chi connectivity index (χ1v) is 9.04. The van der Waals surface area contributed by atoms with Crippen molar-refractivity contribution in [3.63, 3.8) is 0 Å². The van der Waals surface area contributed by atoms with Crippen molar-refractivity contribution in [1.82, 2.24) is 10.6 Å². The summed E-state index contributed by atoms with van der Waals surface area (Å²) < 4.78 is 11.6. The first-order valence-electron chi connectivity index (χ1n) is 9.04. The summed E-state index contributed by atoms with van der Waals surface area (Å²) in [6.45, 7) is 9.39. The molecule has 25 heavy (non-hydrogen) atoms. The normalized spacial score (nSPS) is 25.2. The summed E-state index contributed by atoms with van der Waals surface area (Å²) in [6.07, 6.45) is 2.35. The third-order valence-corrected chi connectivity index (χ3v) is 4.59. The van der Waals surface area contributed by atoms with E-state index in [9.17, 15) is 0 Å². The lowest BCUT2D eigenvalue weighted by Gasteiger charge is -2.16. The summed E-state index contributed by atoms with van der Waals surface area (Å²) in [5.74, 6) is 2.57. The Bertz CT molecular complexity index is 588. The van der Waals surface area contributed by atoms with Crippen LogP contribution in [-0.2, 0) is 11.3 Å². The lowest BCUT2D eigenvalue weighted by Crippen LogP contribution is -2.39. The molecule has 1 saturated carbocycles. The molecule has 6 heteroatoms. The Morgan fingerprint density at radius 1 is 1.40 bits per heavy atom. The van der Waals surface area contributed by atoms with Gasteiger partial charge in [0.1, 0.15) is 11.9 Å². The van der Waals surface area contributed by atoms with Gasteiger partial charge in [-0.1, -0.05) is 19.1 Å². The summed E-state index contributed by atoms with van der Waals surface area (Å²) in [5.41, 5.74) is 2.32. The molecule has 2 aliphatic rings. The van der Waals surface area contributed by atoms with Crippen molar-refractivity contribution in [1.29, 1.82) is 0 Å². The highest BCUT2D eigenvalue weighted by molar-refractivity contribution is 14.0. The SMILES string of the molecule is CCNC(=NCc1ccc(C)cc1OC1CCOC1)NC1CC1C.I. The molecule has 1 aliphatic heterocycles. The zero-order valence-electron chi connectivity index (χ0n) is 15.4. The van der Waals surface area contributed by atoms with E-state index in [1.54, 1.807) is 0 Å². The van der Waals surface area contributed by atoms with Gasteiger partial charge in [0.15, 0.2) is 5.96 Å². The van der Waals surface area contributed by atoms with Crippen molar-refractivity contribution in [3.05, 3.63) is 29.3 Å². The molecule has 1 saturated heterocycles.